The molecule has 2 unspecified atom stereocenters. The first-order chi connectivity index (χ1) is 16.0. The van der Waals surface area contributed by atoms with Crippen molar-refractivity contribution in [1.29, 1.82) is 0 Å². The molecule has 0 radical (unpaired) electrons. The summed E-state index contributed by atoms with van der Waals surface area (Å²) in [4.78, 5) is 67.8. The normalized spacial score (nSPS) is 22.4. The van der Waals surface area contributed by atoms with E-state index >= 15 is 0 Å². The Bertz CT molecular complexity index is 1110. The van der Waals surface area contributed by atoms with Crippen LogP contribution in [-0.2, 0) is 43.5 Å². The molecule has 1 heterocycles. The fourth-order valence-corrected chi connectivity index (χ4v) is 4.89. The van der Waals surface area contributed by atoms with Gasteiger partial charge in [0.2, 0.25) is 5.91 Å². The molecule has 190 valence electrons. The summed E-state index contributed by atoms with van der Waals surface area (Å²) in [5, 5.41) is 0.139. The van der Waals surface area contributed by atoms with E-state index < -0.39 is 57.9 Å². The predicted molar refractivity (Wildman–Crippen MR) is 123 cm³/mol. The number of ether oxygens (including phenoxy) is 4. The van der Waals surface area contributed by atoms with Crippen LogP contribution in [-0.4, -0.2) is 55.3 Å². The number of nitrogens with zero attached hydrogens (tertiary/aromatic N) is 1. The van der Waals surface area contributed by atoms with Gasteiger partial charge in [-0.1, -0.05) is 11.6 Å². The standard InChI is InChI=1S/C24H28ClNO9/c1-21(2,3)34-16(27)15-23(24(15,18(29)32-7)19(30)33-8)13-11-12(25)9-10-14(13)26(17(23)28)20(31)35-22(4,5)6/h9-11,15H,1-8H3. The third-order valence-corrected chi connectivity index (χ3v) is 6.04. The summed E-state index contributed by atoms with van der Waals surface area (Å²) in [7, 11) is 2.02. The van der Waals surface area contributed by atoms with Gasteiger partial charge in [-0.2, -0.15) is 0 Å². The van der Waals surface area contributed by atoms with Crippen molar-refractivity contribution in [3.63, 3.8) is 0 Å². The van der Waals surface area contributed by atoms with Crippen molar-refractivity contribution in [2.24, 2.45) is 11.3 Å². The first-order valence-electron chi connectivity index (χ1n) is 10.8. The van der Waals surface area contributed by atoms with Crippen LogP contribution in [0.2, 0.25) is 5.02 Å². The van der Waals surface area contributed by atoms with Gasteiger partial charge in [0.05, 0.1) is 19.9 Å². The minimum atomic E-state index is -2.45. The Morgan fingerprint density at radius 2 is 1.43 bits per heavy atom. The highest BCUT2D eigenvalue weighted by Crippen LogP contribution is 2.75. The van der Waals surface area contributed by atoms with Crippen molar-refractivity contribution in [2.75, 3.05) is 19.1 Å². The Morgan fingerprint density at radius 3 is 1.89 bits per heavy atom. The van der Waals surface area contributed by atoms with E-state index in [1.807, 2.05) is 0 Å². The summed E-state index contributed by atoms with van der Waals surface area (Å²) in [5.41, 5.74) is -6.64. The number of methoxy groups -OCH3 is 2. The zero-order valence-corrected chi connectivity index (χ0v) is 21.6. The molecule has 1 aromatic carbocycles. The van der Waals surface area contributed by atoms with E-state index in [-0.39, 0.29) is 16.3 Å². The van der Waals surface area contributed by atoms with Crippen LogP contribution >= 0.6 is 11.6 Å². The van der Waals surface area contributed by atoms with Gasteiger partial charge in [0, 0.05) is 5.02 Å². The molecule has 3 rings (SSSR count). The fraction of sp³-hybridized carbons (Fsp3) is 0.542. The molecule has 0 saturated heterocycles. The zero-order valence-electron chi connectivity index (χ0n) is 20.8. The molecule has 1 spiro atoms. The summed E-state index contributed by atoms with van der Waals surface area (Å²) in [6.45, 7) is 9.60. The lowest BCUT2D eigenvalue weighted by Crippen LogP contribution is -2.45. The van der Waals surface area contributed by atoms with E-state index in [2.05, 4.69) is 0 Å². The molecule has 0 N–H and O–H groups in total. The number of esters is 3. The number of imide groups is 1. The van der Waals surface area contributed by atoms with Crippen molar-refractivity contribution in [3.05, 3.63) is 28.8 Å². The van der Waals surface area contributed by atoms with Crippen LogP contribution in [0.1, 0.15) is 47.1 Å². The second-order valence-electron chi connectivity index (χ2n) is 10.3. The van der Waals surface area contributed by atoms with Gasteiger partial charge in [-0.15, -0.1) is 0 Å². The number of anilines is 1. The monoisotopic (exact) mass is 509 g/mol. The van der Waals surface area contributed by atoms with E-state index in [0.29, 0.717) is 4.90 Å². The van der Waals surface area contributed by atoms with Crippen LogP contribution in [0.25, 0.3) is 0 Å². The first-order valence-corrected chi connectivity index (χ1v) is 11.2. The van der Waals surface area contributed by atoms with E-state index in [4.69, 9.17) is 30.5 Å². The molecule has 10 nitrogen and oxygen atoms in total. The number of hydrogen-bond acceptors (Lipinski definition) is 9. The highest BCUT2D eigenvalue weighted by atomic mass is 35.5. The Morgan fingerprint density at radius 1 is 0.914 bits per heavy atom. The smallest absolute Gasteiger partial charge is 0.421 e. The van der Waals surface area contributed by atoms with Crippen molar-refractivity contribution < 1.29 is 42.9 Å². The Hall–Kier alpha value is -3.14. The summed E-state index contributed by atoms with van der Waals surface area (Å²) >= 11 is 6.22. The average Bonchev–Trinajstić information content (AvgIpc) is 3.30. The van der Waals surface area contributed by atoms with Gasteiger partial charge in [-0.3, -0.25) is 19.2 Å². The summed E-state index contributed by atoms with van der Waals surface area (Å²) in [6, 6.07) is 4.12. The van der Waals surface area contributed by atoms with E-state index in [9.17, 15) is 24.0 Å². The third-order valence-electron chi connectivity index (χ3n) is 5.80. The molecule has 11 heteroatoms. The Balaban J connectivity index is 2.35. The molecule has 1 aliphatic heterocycles. The number of rotatable bonds is 3. The highest BCUT2D eigenvalue weighted by molar-refractivity contribution is 6.34. The summed E-state index contributed by atoms with van der Waals surface area (Å²) in [6.07, 6.45) is -1.05. The van der Waals surface area contributed by atoms with Crippen molar-refractivity contribution in [3.8, 4) is 0 Å². The van der Waals surface area contributed by atoms with E-state index in [0.717, 1.165) is 14.2 Å². The molecular weight excluding hydrogens is 482 g/mol. The van der Waals surface area contributed by atoms with Gasteiger partial charge in [0.1, 0.15) is 22.5 Å². The first kappa shape index (κ1) is 26.5. The quantitative estimate of drug-likeness (QED) is 0.343. The Kier molecular flexibility index (Phi) is 6.21. The molecule has 1 aliphatic carbocycles. The van der Waals surface area contributed by atoms with Crippen LogP contribution in [0, 0.1) is 11.3 Å². The van der Waals surface area contributed by atoms with Crippen LogP contribution in [0.15, 0.2) is 18.2 Å². The zero-order chi connectivity index (χ0) is 26.7. The minimum Gasteiger partial charge on any atom is -0.468 e. The molecule has 1 aromatic rings. The van der Waals surface area contributed by atoms with Crippen molar-refractivity contribution >= 4 is 47.2 Å². The number of fused-ring (bicyclic) bond motifs is 2. The predicted octanol–water partition coefficient (Wildman–Crippen LogP) is 3.16. The number of halogens is 1. The lowest BCUT2D eigenvalue weighted by molar-refractivity contribution is -0.169. The maximum Gasteiger partial charge on any atom is 0.421 e. The Labute approximate surface area is 207 Å². The minimum absolute atomic E-state index is 0.00696. The SMILES string of the molecule is COC(=O)C1(C(=O)OC)C(C(=O)OC(C)(C)C)C12C(=O)N(C(=O)OC(C)(C)C)c1ccc(Cl)cc12. The molecule has 1 fully saturated rings. The molecule has 1 saturated carbocycles. The van der Waals surface area contributed by atoms with Gasteiger partial charge in [0.25, 0.3) is 0 Å². The second-order valence-corrected chi connectivity index (χ2v) is 10.8. The molecule has 35 heavy (non-hydrogen) atoms. The van der Waals surface area contributed by atoms with Gasteiger partial charge >= 0.3 is 24.0 Å². The third kappa shape index (κ3) is 3.74. The number of benzene rings is 1. The van der Waals surface area contributed by atoms with Gasteiger partial charge < -0.3 is 18.9 Å². The van der Waals surface area contributed by atoms with Gasteiger partial charge in [-0.05, 0) is 65.3 Å². The topological polar surface area (TPSA) is 126 Å². The number of amides is 2. The highest BCUT2D eigenvalue weighted by Gasteiger charge is 2.96. The van der Waals surface area contributed by atoms with Crippen LogP contribution in [0.3, 0.4) is 0 Å². The maximum atomic E-state index is 14.1. The van der Waals surface area contributed by atoms with E-state index in [1.54, 1.807) is 41.5 Å². The number of carbonyl (C=O) groups is 5. The van der Waals surface area contributed by atoms with Gasteiger partial charge in [-0.25, -0.2) is 9.69 Å². The molecule has 0 aromatic heterocycles. The summed E-state index contributed by atoms with van der Waals surface area (Å²) < 4.78 is 20.7. The van der Waals surface area contributed by atoms with E-state index in [1.165, 1.54) is 18.2 Å². The van der Waals surface area contributed by atoms with Crippen molar-refractivity contribution in [1.82, 2.24) is 0 Å². The van der Waals surface area contributed by atoms with Crippen molar-refractivity contribution in [2.45, 2.75) is 58.2 Å². The molecule has 2 aliphatic rings. The number of carbonyl (C=O) groups excluding carboxylic acids is 5. The molecular formula is C24H28ClNO9. The van der Waals surface area contributed by atoms with Crippen LogP contribution < -0.4 is 4.90 Å². The number of hydrogen-bond donors (Lipinski definition) is 0. The largest absolute Gasteiger partial charge is 0.468 e. The molecule has 2 amide bonds. The molecule has 0 bridgehead atoms. The second kappa shape index (κ2) is 8.22. The fourth-order valence-electron chi connectivity index (χ4n) is 4.72. The van der Waals surface area contributed by atoms with Crippen LogP contribution in [0.4, 0.5) is 10.5 Å². The lowest BCUT2D eigenvalue weighted by Gasteiger charge is -2.24. The summed E-state index contributed by atoms with van der Waals surface area (Å²) in [5.74, 6) is -6.11. The lowest BCUT2D eigenvalue weighted by atomic mass is 9.86. The van der Waals surface area contributed by atoms with Gasteiger partial charge in [0.15, 0.2) is 5.41 Å². The van der Waals surface area contributed by atoms with Crippen LogP contribution in [0.5, 0.6) is 0 Å². The molecule has 2 atom stereocenters. The average molecular weight is 510 g/mol. The maximum absolute atomic E-state index is 14.1.